The van der Waals surface area contributed by atoms with E-state index in [2.05, 4.69) is 10.2 Å². The molecule has 29 heavy (non-hydrogen) atoms. The standard InChI is InChI=1S/C19H22N4O5S/c1-14-6-7-17(29(27,28)22-10-8-21(2)9-11-22)13-18(14)19(24)20-15-4-3-5-16(12-15)23(25)26/h3-7,12-13H,8-11H2,1-2H3,(H,20,24). The van der Waals surface area contributed by atoms with E-state index < -0.39 is 20.9 Å². The van der Waals surface area contributed by atoms with Crippen molar-refractivity contribution in [3.63, 3.8) is 0 Å². The first-order valence-corrected chi connectivity index (χ1v) is 10.5. The molecule has 0 radical (unpaired) electrons. The molecule has 154 valence electrons. The number of benzene rings is 2. The first kappa shape index (κ1) is 20.9. The molecule has 0 aliphatic carbocycles. The van der Waals surface area contributed by atoms with Gasteiger partial charge in [-0.15, -0.1) is 0 Å². The number of likely N-dealkylation sites (N-methyl/N-ethyl adjacent to an activating group) is 1. The summed E-state index contributed by atoms with van der Waals surface area (Å²) in [5.74, 6) is -0.529. The maximum Gasteiger partial charge on any atom is 0.271 e. The van der Waals surface area contributed by atoms with E-state index in [4.69, 9.17) is 0 Å². The van der Waals surface area contributed by atoms with Gasteiger partial charge in [-0.25, -0.2) is 8.42 Å². The molecule has 0 aromatic heterocycles. The van der Waals surface area contributed by atoms with Crippen LogP contribution in [-0.2, 0) is 10.0 Å². The summed E-state index contributed by atoms with van der Waals surface area (Å²) in [6.07, 6.45) is 0. The largest absolute Gasteiger partial charge is 0.322 e. The van der Waals surface area contributed by atoms with Crippen LogP contribution in [0, 0.1) is 17.0 Å². The number of aryl methyl sites for hydroxylation is 1. The van der Waals surface area contributed by atoms with Crippen molar-refractivity contribution in [1.82, 2.24) is 9.21 Å². The van der Waals surface area contributed by atoms with Crippen LogP contribution in [0.15, 0.2) is 47.4 Å². The van der Waals surface area contributed by atoms with Gasteiger partial charge in [-0.05, 0) is 37.7 Å². The molecular weight excluding hydrogens is 396 g/mol. The van der Waals surface area contributed by atoms with Gasteiger partial charge in [0.1, 0.15) is 0 Å². The minimum atomic E-state index is -3.71. The Morgan fingerprint density at radius 1 is 1.10 bits per heavy atom. The van der Waals surface area contributed by atoms with Crippen molar-refractivity contribution >= 4 is 27.3 Å². The molecule has 0 spiro atoms. The number of nitro benzene ring substituents is 1. The zero-order valence-electron chi connectivity index (χ0n) is 16.2. The minimum absolute atomic E-state index is 0.0526. The number of amides is 1. The number of carbonyl (C=O) groups excluding carboxylic acids is 1. The number of nitrogens with one attached hydrogen (secondary N) is 1. The first-order chi connectivity index (χ1) is 13.7. The summed E-state index contributed by atoms with van der Waals surface area (Å²) in [6, 6.07) is 10.0. The van der Waals surface area contributed by atoms with Gasteiger partial charge in [0, 0.05) is 49.6 Å². The van der Waals surface area contributed by atoms with Gasteiger partial charge in [-0.2, -0.15) is 4.31 Å². The van der Waals surface area contributed by atoms with E-state index in [-0.39, 0.29) is 21.8 Å². The Labute approximate surface area is 169 Å². The predicted octanol–water partition coefficient (Wildman–Crippen LogP) is 2.09. The van der Waals surface area contributed by atoms with Crippen LogP contribution in [-0.4, -0.2) is 61.7 Å². The van der Waals surface area contributed by atoms with E-state index in [1.54, 1.807) is 13.0 Å². The molecule has 10 heteroatoms. The number of nitro groups is 1. The van der Waals surface area contributed by atoms with Crippen LogP contribution in [0.1, 0.15) is 15.9 Å². The van der Waals surface area contributed by atoms with Gasteiger partial charge < -0.3 is 10.2 Å². The molecule has 1 fully saturated rings. The summed E-state index contributed by atoms with van der Waals surface area (Å²) < 4.78 is 27.3. The zero-order chi connectivity index (χ0) is 21.2. The number of anilines is 1. The molecule has 0 atom stereocenters. The average Bonchev–Trinajstić information content (AvgIpc) is 2.68. The number of rotatable bonds is 5. The highest BCUT2D eigenvalue weighted by atomic mass is 32.2. The van der Waals surface area contributed by atoms with Crippen molar-refractivity contribution in [2.24, 2.45) is 0 Å². The molecular formula is C19H22N4O5S. The number of sulfonamides is 1. The summed E-state index contributed by atoms with van der Waals surface area (Å²) in [5.41, 5.74) is 0.916. The van der Waals surface area contributed by atoms with Gasteiger partial charge >= 0.3 is 0 Å². The molecule has 1 saturated heterocycles. The third-order valence-electron chi connectivity index (χ3n) is 4.87. The summed E-state index contributed by atoms with van der Waals surface area (Å²) in [7, 11) is -1.77. The highest BCUT2D eigenvalue weighted by Crippen LogP contribution is 2.23. The van der Waals surface area contributed by atoms with Crippen molar-refractivity contribution in [3.05, 3.63) is 63.7 Å². The van der Waals surface area contributed by atoms with Gasteiger partial charge in [0.2, 0.25) is 10.0 Å². The molecule has 2 aromatic rings. The van der Waals surface area contributed by atoms with Crippen molar-refractivity contribution in [2.75, 3.05) is 38.5 Å². The number of nitrogens with zero attached hydrogens (tertiary/aromatic N) is 3. The lowest BCUT2D eigenvalue weighted by Gasteiger charge is -2.31. The molecule has 0 bridgehead atoms. The topological polar surface area (TPSA) is 113 Å². The van der Waals surface area contributed by atoms with Crippen LogP contribution in [0.3, 0.4) is 0 Å². The summed E-state index contributed by atoms with van der Waals surface area (Å²) >= 11 is 0. The summed E-state index contributed by atoms with van der Waals surface area (Å²) in [5, 5.41) is 13.5. The van der Waals surface area contributed by atoms with Crippen LogP contribution in [0.2, 0.25) is 0 Å². The molecule has 1 amide bonds. The van der Waals surface area contributed by atoms with Gasteiger partial charge in [-0.3, -0.25) is 14.9 Å². The number of non-ortho nitro benzene ring substituents is 1. The molecule has 3 rings (SSSR count). The molecule has 0 unspecified atom stereocenters. The van der Waals surface area contributed by atoms with Crippen LogP contribution in [0.5, 0.6) is 0 Å². The van der Waals surface area contributed by atoms with E-state index in [0.717, 1.165) is 0 Å². The van der Waals surface area contributed by atoms with Gasteiger partial charge in [0.15, 0.2) is 0 Å². The van der Waals surface area contributed by atoms with E-state index >= 15 is 0 Å². The number of hydrogen-bond donors (Lipinski definition) is 1. The Hall–Kier alpha value is -2.82. The van der Waals surface area contributed by atoms with Crippen molar-refractivity contribution in [2.45, 2.75) is 11.8 Å². The lowest BCUT2D eigenvalue weighted by Crippen LogP contribution is -2.47. The summed E-state index contributed by atoms with van der Waals surface area (Å²) in [6.45, 7) is 3.77. The molecule has 1 N–H and O–H groups in total. The SMILES string of the molecule is Cc1ccc(S(=O)(=O)N2CCN(C)CC2)cc1C(=O)Nc1cccc([N+](=O)[O-])c1. The fourth-order valence-corrected chi connectivity index (χ4v) is 4.53. The van der Waals surface area contributed by atoms with Gasteiger partial charge in [0.25, 0.3) is 11.6 Å². The first-order valence-electron chi connectivity index (χ1n) is 9.03. The molecule has 0 saturated carbocycles. The fourth-order valence-electron chi connectivity index (χ4n) is 3.08. The van der Waals surface area contributed by atoms with Crippen LogP contribution in [0.4, 0.5) is 11.4 Å². The Balaban J connectivity index is 1.86. The lowest BCUT2D eigenvalue weighted by molar-refractivity contribution is -0.384. The van der Waals surface area contributed by atoms with Crippen molar-refractivity contribution < 1.29 is 18.1 Å². The minimum Gasteiger partial charge on any atom is -0.322 e. The fraction of sp³-hybridized carbons (Fsp3) is 0.316. The van der Waals surface area contributed by atoms with Gasteiger partial charge in [-0.1, -0.05) is 12.1 Å². The Morgan fingerprint density at radius 3 is 2.45 bits per heavy atom. The lowest BCUT2D eigenvalue weighted by atomic mass is 10.1. The van der Waals surface area contributed by atoms with E-state index in [9.17, 15) is 23.3 Å². The second-order valence-electron chi connectivity index (χ2n) is 6.95. The average molecular weight is 418 g/mol. The molecule has 1 heterocycles. The number of carbonyl (C=O) groups is 1. The van der Waals surface area contributed by atoms with E-state index in [1.165, 1.54) is 40.7 Å². The molecule has 1 aliphatic rings. The van der Waals surface area contributed by atoms with Gasteiger partial charge in [0.05, 0.1) is 9.82 Å². The van der Waals surface area contributed by atoms with Crippen LogP contribution >= 0.6 is 0 Å². The maximum atomic E-state index is 13.0. The third kappa shape index (κ3) is 4.61. The maximum absolute atomic E-state index is 13.0. The number of hydrogen-bond acceptors (Lipinski definition) is 6. The van der Waals surface area contributed by atoms with Crippen molar-refractivity contribution in [1.29, 1.82) is 0 Å². The third-order valence-corrected chi connectivity index (χ3v) is 6.76. The van der Waals surface area contributed by atoms with Crippen molar-refractivity contribution in [3.8, 4) is 0 Å². The molecule has 2 aromatic carbocycles. The normalized spacial score (nSPS) is 15.8. The monoisotopic (exact) mass is 418 g/mol. The molecule has 9 nitrogen and oxygen atoms in total. The second kappa shape index (κ2) is 8.27. The zero-order valence-corrected chi connectivity index (χ0v) is 17.0. The van der Waals surface area contributed by atoms with E-state index in [1.807, 2.05) is 7.05 Å². The number of piperazine rings is 1. The smallest absolute Gasteiger partial charge is 0.271 e. The van der Waals surface area contributed by atoms with Crippen LogP contribution in [0.25, 0.3) is 0 Å². The predicted molar refractivity (Wildman–Crippen MR) is 108 cm³/mol. The Bertz CT molecular complexity index is 1050. The summed E-state index contributed by atoms with van der Waals surface area (Å²) in [4.78, 5) is 25.2. The highest BCUT2D eigenvalue weighted by molar-refractivity contribution is 7.89. The Kier molecular flexibility index (Phi) is 5.96. The highest BCUT2D eigenvalue weighted by Gasteiger charge is 2.28. The quantitative estimate of drug-likeness (QED) is 0.588. The van der Waals surface area contributed by atoms with Crippen LogP contribution < -0.4 is 5.32 Å². The second-order valence-corrected chi connectivity index (χ2v) is 8.88. The van der Waals surface area contributed by atoms with E-state index in [0.29, 0.717) is 31.7 Å². The Morgan fingerprint density at radius 2 is 1.79 bits per heavy atom. The molecule has 1 aliphatic heterocycles.